The van der Waals surface area contributed by atoms with Crippen LogP contribution in [0.5, 0.6) is 0 Å². The van der Waals surface area contributed by atoms with E-state index in [1.807, 2.05) is 31.2 Å². The predicted molar refractivity (Wildman–Crippen MR) is 65.0 cm³/mol. The Kier molecular flexibility index (Phi) is 3.00. The van der Waals surface area contributed by atoms with E-state index < -0.39 is 0 Å². The van der Waals surface area contributed by atoms with Gasteiger partial charge >= 0.3 is 0 Å². The van der Waals surface area contributed by atoms with Gasteiger partial charge in [-0.15, -0.1) is 0 Å². The molecule has 2 heterocycles. The second kappa shape index (κ2) is 4.61. The van der Waals surface area contributed by atoms with Gasteiger partial charge in [0.05, 0.1) is 29.8 Å². The van der Waals surface area contributed by atoms with E-state index >= 15 is 0 Å². The SMILES string of the molecule is Cc1cccc(CNc2cncc(N)c2)n1. The maximum Gasteiger partial charge on any atom is 0.0597 e. The van der Waals surface area contributed by atoms with E-state index in [9.17, 15) is 0 Å². The Morgan fingerprint density at radius 3 is 2.94 bits per heavy atom. The highest BCUT2D eigenvalue weighted by molar-refractivity contribution is 5.51. The zero-order valence-electron chi connectivity index (χ0n) is 9.14. The number of anilines is 2. The zero-order valence-corrected chi connectivity index (χ0v) is 9.14. The minimum absolute atomic E-state index is 0.655. The van der Waals surface area contributed by atoms with Gasteiger partial charge in [-0.05, 0) is 25.1 Å². The number of hydrogen-bond acceptors (Lipinski definition) is 4. The molecule has 0 amide bonds. The normalized spacial score (nSPS) is 10.1. The van der Waals surface area contributed by atoms with Crippen LogP contribution in [0.1, 0.15) is 11.4 Å². The molecule has 2 aromatic heterocycles. The standard InChI is InChI=1S/C12H14N4/c1-9-3-2-4-11(16-9)8-15-12-5-10(13)6-14-7-12/h2-7,15H,8,13H2,1H3. The van der Waals surface area contributed by atoms with Crippen molar-refractivity contribution in [1.29, 1.82) is 0 Å². The average molecular weight is 214 g/mol. The highest BCUT2D eigenvalue weighted by Crippen LogP contribution is 2.10. The van der Waals surface area contributed by atoms with Crippen LogP contribution in [0.25, 0.3) is 0 Å². The monoisotopic (exact) mass is 214 g/mol. The van der Waals surface area contributed by atoms with Crippen molar-refractivity contribution in [3.63, 3.8) is 0 Å². The molecule has 0 atom stereocenters. The van der Waals surface area contributed by atoms with Gasteiger partial charge < -0.3 is 11.1 Å². The fraction of sp³-hybridized carbons (Fsp3) is 0.167. The molecule has 0 aliphatic rings. The maximum absolute atomic E-state index is 5.63. The summed E-state index contributed by atoms with van der Waals surface area (Å²) < 4.78 is 0. The summed E-state index contributed by atoms with van der Waals surface area (Å²) in [6, 6.07) is 7.81. The molecule has 82 valence electrons. The van der Waals surface area contributed by atoms with Crippen LogP contribution in [-0.4, -0.2) is 9.97 Å². The summed E-state index contributed by atoms with van der Waals surface area (Å²) in [6.45, 7) is 2.65. The Morgan fingerprint density at radius 1 is 1.31 bits per heavy atom. The van der Waals surface area contributed by atoms with Crippen molar-refractivity contribution in [2.75, 3.05) is 11.1 Å². The van der Waals surface area contributed by atoms with E-state index in [1.165, 1.54) is 0 Å². The van der Waals surface area contributed by atoms with Crippen LogP contribution in [0.15, 0.2) is 36.7 Å². The molecule has 0 radical (unpaired) electrons. The first kappa shape index (κ1) is 10.4. The van der Waals surface area contributed by atoms with Gasteiger partial charge in [-0.2, -0.15) is 0 Å². The fourth-order valence-corrected chi connectivity index (χ4v) is 1.44. The molecule has 0 unspecified atom stereocenters. The van der Waals surface area contributed by atoms with Crippen molar-refractivity contribution in [2.45, 2.75) is 13.5 Å². The van der Waals surface area contributed by atoms with E-state index in [-0.39, 0.29) is 0 Å². The molecule has 4 heteroatoms. The quantitative estimate of drug-likeness (QED) is 0.820. The van der Waals surface area contributed by atoms with E-state index in [4.69, 9.17) is 5.73 Å². The van der Waals surface area contributed by atoms with Crippen LogP contribution in [0.4, 0.5) is 11.4 Å². The third kappa shape index (κ3) is 2.70. The average Bonchev–Trinajstić information content (AvgIpc) is 2.27. The molecule has 4 nitrogen and oxygen atoms in total. The molecule has 16 heavy (non-hydrogen) atoms. The summed E-state index contributed by atoms with van der Waals surface area (Å²) in [4.78, 5) is 8.40. The molecular formula is C12H14N4. The van der Waals surface area contributed by atoms with Crippen molar-refractivity contribution < 1.29 is 0 Å². The second-order valence-corrected chi connectivity index (χ2v) is 3.63. The van der Waals surface area contributed by atoms with Crippen LogP contribution < -0.4 is 11.1 Å². The maximum atomic E-state index is 5.63. The van der Waals surface area contributed by atoms with E-state index in [0.717, 1.165) is 17.1 Å². The van der Waals surface area contributed by atoms with Crippen molar-refractivity contribution in [3.8, 4) is 0 Å². The van der Waals surface area contributed by atoms with Crippen LogP contribution >= 0.6 is 0 Å². The summed E-state index contributed by atoms with van der Waals surface area (Å²) in [6.07, 6.45) is 3.36. The molecule has 2 aromatic rings. The topological polar surface area (TPSA) is 63.8 Å². The first-order valence-corrected chi connectivity index (χ1v) is 5.11. The van der Waals surface area contributed by atoms with Gasteiger partial charge in [-0.1, -0.05) is 6.07 Å². The molecule has 0 aromatic carbocycles. The summed E-state index contributed by atoms with van der Waals surface area (Å²) in [5, 5.41) is 3.22. The van der Waals surface area contributed by atoms with Gasteiger partial charge in [0.2, 0.25) is 0 Å². The largest absolute Gasteiger partial charge is 0.397 e. The Bertz CT molecular complexity index is 436. The smallest absolute Gasteiger partial charge is 0.0597 e. The second-order valence-electron chi connectivity index (χ2n) is 3.63. The molecule has 0 spiro atoms. The summed E-state index contributed by atoms with van der Waals surface area (Å²) in [5.41, 5.74) is 9.21. The van der Waals surface area contributed by atoms with Crippen LogP contribution in [0.3, 0.4) is 0 Å². The third-order valence-electron chi connectivity index (χ3n) is 2.18. The Morgan fingerprint density at radius 2 is 2.19 bits per heavy atom. The number of aryl methyl sites for hydroxylation is 1. The van der Waals surface area contributed by atoms with Crippen molar-refractivity contribution >= 4 is 11.4 Å². The number of nitrogens with two attached hydrogens (primary N) is 1. The summed E-state index contributed by atoms with van der Waals surface area (Å²) in [5.74, 6) is 0. The lowest BCUT2D eigenvalue weighted by Gasteiger charge is -2.06. The lowest BCUT2D eigenvalue weighted by atomic mass is 10.3. The van der Waals surface area contributed by atoms with Gasteiger partial charge in [0.25, 0.3) is 0 Å². The number of nitrogen functional groups attached to an aromatic ring is 1. The molecule has 0 aliphatic carbocycles. The zero-order chi connectivity index (χ0) is 11.4. The lowest BCUT2D eigenvalue weighted by Crippen LogP contribution is -2.03. The molecule has 2 rings (SSSR count). The molecule has 3 N–H and O–H groups in total. The number of nitrogens with one attached hydrogen (secondary N) is 1. The van der Waals surface area contributed by atoms with E-state index in [0.29, 0.717) is 12.2 Å². The number of aromatic nitrogens is 2. The van der Waals surface area contributed by atoms with Crippen molar-refractivity contribution in [2.24, 2.45) is 0 Å². The van der Waals surface area contributed by atoms with E-state index in [2.05, 4.69) is 15.3 Å². The van der Waals surface area contributed by atoms with Gasteiger partial charge in [0.15, 0.2) is 0 Å². The van der Waals surface area contributed by atoms with Crippen LogP contribution in [-0.2, 0) is 6.54 Å². The number of pyridine rings is 2. The van der Waals surface area contributed by atoms with E-state index in [1.54, 1.807) is 12.4 Å². The summed E-state index contributed by atoms with van der Waals surface area (Å²) >= 11 is 0. The minimum Gasteiger partial charge on any atom is -0.397 e. The lowest BCUT2D eigenvalue weighted by molar-refractivity contribution is 1.01. The first-order chi connectivity index (χ1) is 7.74. The number of nitrogens with zero attached hydrogens (tertiary/aromatic N) is 2. The van der Waals surface area contributed by atoms with Gasteiger partial charge in [0, 0.05) is 11.9 Å². The predicted octanol–water partition coefficient (Wildman–Crippen LogP) is 1.98. The fourth-order valence-electron chi connectivity index (χ4n) is 1.44. The van der Waals surface area contributed by atoms with Gasteiger partial charge in [0.1, 0.15) is 0 Å². The number of rotatable bonds is 3. The highest BCUT2D eigenvalue weighted by Gasteiger charge is 1.96. The summed E-state index contributed by atoms with van der Waals surface area (Å²) in [7, 11) is 0. The Balaban J connectivity index is 2.02. The van der Waals surface area contributed by atoms with Crippen molar-refractivity contribution in [3.05, 3.63) is 48.0 Å². The highest BCUT2D eigenvalue weighted by atomic mass is 14.9. The van der Waals surface area contributed by atoms with Gasteiger partial charge in [-0.3, -0.25) is 9.97 Å². The first-order valence-electron chi connectivity index (χ1n) is 5.11. The molecule has 0 fully saturated rings. The third-order valence-corrected chi connectivity index (χ3v) is 2.18. The molecule has 0 aliphatic heterocycles. The molecular weight excluding hydrogens is 200 g/mol. The Hall–Kier alpha value is -2.10. The van der Waals surface area contributed by atoms with Crippen LogP contribution in [0, 0.1) is 6.92 Å². The molecule has 0 saturated heterocycles. The minimum atomic E-state index is 0.655. The van der Waals surface area contributed by atoms with Gasteiger partial charge in [-0.25, -0.2) is 0 Å². The molecule has 0 saturated carbocycles. The Labute approximate surface area is 94.5 Å². The van der Waals surface area contributed by atoms with Crippen LogP contribution in [0.2, 0.25) is 0 Å². The molecule has 0 bridgehead atoms. The van der Waals surface area contributed by atoms with Crippen molar-refractivity contribution in [1.82, 2.24) is 9.97 Å². The number of hydrogen-bond donors (Lipinski definition) is 2.